The fourth-order valence-corrected chi connectivity index (χ4v) is 4.46. The molecule has 3 aromatic rings. The maximum atomic E-state index is 5.84. The quantitative estimate of drug-likeness (QED) is 0.179. The Labute approximate surface area is 184 Å². The molecule has 30 heavy (non-hydrogen) atoms. The van der Waals surface area contributed by atoms with Gasteiger partial charge in [-0.2, -0.15) is 0 Å². The number of benzene rings is 3. The van der Waals surface area contributed by atoms with Crippen LogP contribution in [0.3, 0.4) is 0 Å². The largest absolute Gasteiger partial charge is 0.395 e. The fourth-order valence-electron chi connectivity index (χ4n) is 4.06. The van der Waals surface area contributed by atoms with Crippen LogP contribution >= 0.6 is 11.8 Å². The van der Waals surface area contributed by atoms with Crippen LogP contribution in [0.15, 0.2) is 76.8 Å². The van der Waals surface area contributed by atoms with E-state index in [-0.39, 0.29) is 0 Å². The van der Waals surface area contributed by atoms with E-state index in [9.17, 15) is 0 Å². The van der Waals surface area contributed by atoms with Crippen LogP contribution < -0.4 is 0 Å². The predicted molar refractivity (Wildman–Crippen MR) is 129 cm³/mol. The van der Waals surface area contributed by atoms with E-state index >= 15 is 0 Å². The summed E-state index contributed by atoms with van der Waals surface area (Å²) in [4.78, 5) is 9.64. The van der Waals surface area contributed by atoms with Gasteiger partial charge in [-0.15, -0.1) is 11.8 Å². The van der Waals surface area contributed by atoms with Crippen molar-refractivity contribution in [1.82, 2.24) is 4.90 Å². The van der Waals surface area contributed by atoms with Crippen molar-refractivity contribution in [2.75, 3.05) is 32.5 Å². The summed E-state index contributed by atoms with van der Waals surface area (Å²) >= 11 is 1.75. The van der Waals surface area contributed by atoms with Gasteiger partial charge in [-0.3, -0.25) is 0 Å². The number of likely N-dealkylation sites (tertiary alicyclic amines) is 1. The molecule has 0 radical (unpaired) electrons. The van der Waals surface area contributed by atoms with Crippen LogP contribution in [0.25, 0.3) is 10.8 Å². The Morgan fingerprint density at radius 3 is 2.50 bits per heavy atom. The van der Waals surface area contributed by atoms with Gasteiger partial charge in [0.25, 0.3) is 0 Å². The van der Waals surface area contributed by atoms with Crippen molar-refractivity contribution >= 4 is 28.2 Å². The molecule has 0 amide bonds. The molecule has 3 aromatic carbocycles. The molecule has 1 aliphatic rings. The molecule has 4 rings (SSSR count). The second-order valence-electron chi connectivity index (χ2n) is 7.78. The summed E-state index contributed by atoms with van der Waals surface area (Å²) in [6.07, 6.45) is 7.00. The van der Waals surface area contributed by atoms with Gasteiger partial charge < -0.3 is 9.74 Å². The molecule has 4 heteroatoms. The predicted octanol–water partition coefficient (Wildman–Crippen LogP) is 6.21. The van der Waals surface area contributed by atoms with E-state index in [0.29, 0.717) is 6.61 Å². The minimum absolute atomic E-state index is 0.658. The summed E-state index contributed by atoms with van der Waals surface area (Å²) in [5.41, 5.74) is 3.10. The molecular weight excluding hydrogens is 388 g/mol. The third kappa shape index (κ3) is 5.24. The van der Waals surface area contributed by atoms with E-state index < -0.39 is 0 Å². The number of fused-ring (bicyclic) bond motifs is 1. The second kappa shape index (κ2) is 10.6. The summed E-state index contributed by atoms with van der Waals surface area (Å²) < 4.78 is 0. The van der Waals surface area contributed by atoms with Crippen molar-refractivity contribution in [2.24, 2.45) is 5.16 Å². The molecule has 0 atom stereocenters. The summed E-state index contributed by atoms with van der Waals surface area (Å²) in [6.45, 7) is 4.36. The fraction of sp³-hybridized carbons (Fsp3) is 0.346. The number of oxime groups is 1. The normalized spacial score (nSPS) is 15.0. The summed E-state index contributed by atoms with van der Waals surface area (Å²) in [7, 11) is 0. The van der Waals surface area contributed by atoms with Gasteiger partial charge in [-0.05, 0) is 74.5 Å². The first-order chi connectivity index (χ1) is 14.8. The molecule has 0 unspecified atom stereocenters. The lowest BCUT2D eigenvalue weighted by Crippen LogP contribution is -2.20. The van der Waals surface area contributed by atoms with E-state index in [1.807, 2.05) is 0 Å². The Hall–Kier alpha value is -2.30. The average molecular weight is 419 g/mol. The molecule has 1 aliphatic heterocycles. The monoisotopic (exact) mass is 418 g/mol. The maximum absolute atomic E-state index is 5.84. The smallest absolute Gasteiger partial charge is 0.117 e. The van der Waals surface area contributed by atoms with Gasteiger partial charge in [0.05, 0.1) is 0 Å². The van der Waals surface area contributed by atoms with E-state index in [4.69, 9.17) is 4.84 Å². The Morgan fingerprint density at radius 2 is 1.70 bits per heavy atom. The third-order valence-electron chi connectivity index (χ3n) is 5.72. The van der Waals surface area contributed by atoms with Gasteiger partial charge >= 0.3 is 0 Å². The second-order valence-corrected chi connectivity index (χ2v) is 8.66. The van der Waals surface area contributed by atoms with Crippen LogP contribution in [-0.2, 0) is 4.84 Å². The topological polar surface area (TPSA) is 24.8 Å². The van der Waals surface area contributed by atoms with Crippen LogP contribution in [-0.4, -0.2) is 43.1 Å². The zero-order chi connectivity index (χ0) is 20.6. The van der Waals surface area contributed by atoms with Crippen molar-refractivity contribution in [2.45, 2.75) is 30.6 Å². The molecule has 3 nitrogen and oxygen atoms in total. The molecule has 0 aromatic heterocycles. The molecule has 0 aliphatic carbocycles. The highest BCUT2D eigenvalue weighted by atomic mass is 32.2. The van der Waals surface area contributed by atoms with E-state index in [1.165, 1.54) is 54.6 Å². The van der Waals surface area contributed by atoms with E-state index in [1.54, 1.807) is 11.8 Å². The highest BCUT2D eigenvalue weighted by Crippen LogP contribution is 2.24. The lowest BCUT2D eigenvalue weighted by Gasteiger charge is -2.14. The van der Waals surface area contributed by atoms with Crippen molar-refractivity contribution in [3.63, 3.8) is 0 Å². The molecule has 0 spiro atoms. The number of rotatable bonds is 9. The zero-order valence-corrected chi connectivity index (χ0v) is 18.5. The number of unbranched alkanes of at least 4 members (excludes halogenated alkanes) is 1. The maximum Gasteiger partial charge on any atom is 0.117 e. The number of thioether (sulfide) groups is 1. The van der Waals surface area contributed by atoms with Crippen molar-refractivity contribution in [3.05, 3.63) is 77.9 Å². The minimum atomic E-state index is 0.658. The Balaban J connectivity index is 1.51. The minimum Gasteiger partial charge on any atom is -0.395 e. The third-order valence-corrected chi connectivity index (χ3v) is 6.47. The molecule has 156 valence electrons. The van der Waals surface area contributed by atoms with Crippen LogP contribution in [0.4, 0.5) is 0 Å². The number of hydrogen-bond acceptors (Lipinski definition) is 4. The van der Waals surface area contributed by atoms with Crippen LogP contribution in [0.5, 0.6) is 0 Å². The molecule has 0 saturated carbocycles. The summed E-state index contributed by atoms with van der Waals surface area (Å²) in [5, 5.41) is 7.05. The lowest BCUT2D eigenvalue weighted by atomic mass is 9.97. The van der Waals surface area contributed by atoms with Gasteiger partial charge in [0.1, 0.15) is 12.3 Å². The molecule has 0 N–H and O–H groups in total. The lowest BCUT2D eigenvalue weighted by molar-refractivity contribution is 0.137. The van der Waals surface area contributed by atoms with Gasteiger partial charge in [-0.1, -0.05) is 59.8 Å². The zero-order valence-electron chi connectivity index (χ0n) is 17.7. The molecule has 1 fully saturated rings. The van der Waals surface area contributed by atoms with Crippen molar-refractivity contribution in [3.8, 4) is 0 Å². The van der Waals surface area contributed by atoms with Crippen LogP contribution in [0.2, 0.25) is 0 Å². The van der Waals surface area contributed by atoms with Gasteiger partial charge in [0.15, 0.2) is 0 Å². The highest BCUT2D eigenvalue weighted by molar-refractivity contribution is 7.98. The van der Waals surface area contributed by atoms with Crippen LogP contribution in [0, 0.1) is 0 Å². The summed E-state index contributed by atoms with van der Waals surface area (Å²) in [5.74, 6) is 0. The van der Waals surface area contributed by atoms with Crippen molar-refractivity contribution in [1.29, 1.82) is 0 Å². The molecule has 0 bridgehead atoms. The summed E-state index contributed by atoms with van der Waals surface area (Å²) in [6, 6.07) is 23.4. The van der Waals surface area contributed by atoms with Gasteiger partial charge in [-0.25, -0.2) is 0 Å². The first-order valence-corrected chi connectivity index (χ1v) is 12.1. The standard InChI is InChI=1S/C26H30N2OS/c1-30-23-15-13-22(14-16-23)26(25-12-8-10-21-9-2-3-11-24(21)25)27-29-20-7-6-19-28-17-4-5-18-28/h2-3,8-16H,4-7,17-20H2,1H3/b27-26-. The first-order valence-electron chi connectivity index (χ1n) is 10.9. The SMILES string of the molecule is CSc1ccc(/C(=N/OCCCCN2CCCC2)c2cccc3ccccc23)cc1. The Morgan fingerprint density at radius 1 is 0.933 bits per heavy atom. The Bertz CT molecular complexity index is 972. The first kappa shape index (κ1) is 21.0. The highest BCUT2D eigenvalue weighted by Gasteiger charge is 2.13. The van der Waals surface area contributed by atoms with E-state index in [0.717, 1.165) is 23.3 Å². The van der Waals surface area contributed by atoms with Crippen molar-refractivity contribution < 1.29 is 4.84 Å². The van der Waals surface area contributed by atoms with E-state index in [2.05, 4.69) is 83.0 Å². The molecule has 1 saturated heterocycles. The Kier molecular flexibility index (Phi) is 7.44. The molecular formula is C26H30N2OS. The number of nitrogens with zero attached hydrogens (tertiary/aromatic N) is 2. The van der Waals surface area contributed by atoms with Gasteiger partial charge in [0, 0.05) is 16.0 Å². The number of hydrogen-bond donors (Lipinski definition) is 0. The van der Waals surface area contributed by atoms with Gasteiger partial charge in [0.2, 0.25) is 0 Å². The van der Waals surface area contributed by atoms with Crippen LogP contribution in [0.1, 0.15) is 36.8 Å². The molecule has 1 heterocycles. The average Bonchev–Trinajstić information content (AvgIpc) is 3.32.